The molecular weight excluding hydrogens is 233 g/mol. The molecule has 0 aromatic heterocycles. The number of phosphoric acid groups is 1. The largest absolute Gasteiger partial charge is 0.496 e. The molecule has 0 aromatic rings. The molecule has 0 bridgehead atoms. The zero-order valence-electron chi connectivity index (χ0n) is 7.84. The minimum absolute atomic E-state index is 0.252. The summed E-state index contributed by atoms with van der Waals surface area (Å²) in [6.45, 7) is 0.931. The van der Waals surface area contributed by atoms with Crippen molar-refractivity contribution in [2.75, 3.05) is 34.3 Å². The first-order valence-electron chi connectivity index (χ1n) is 3.54. The van der Waals surface area contributed by atoms with Crippen LogP contribution in [0.15, 0.2) is 0 Å². The van der Waals surface area contributed by atoms with Crippen LogP contribution in [-0.4, -0.2) is 38.8 Å². The monoisotopic (exact) mass is 248 g/mol. The van der Waals surface area contributed by atoms with Crippen molar-refractivity contribution in [3.05, 3.63) is 0 Å². The van der Waals surface area contributed by atoms with E-state index in [9.17, 15) is 4.57 Å². The van der Waals surface area contributed by atoms with Gasteiger partial charge in [0, 0.05) is 0 Å². The number of hydrogen-bond donors (Lipinski definition) is 2. The number of nitrogens with zero attached hydrogens (tertiary/aromatic N) is 1. The van der Waals surface area contributed by atoms with Crippen LogP contribution in [-0.2, 0) is 17.0 Å². The molecule has 0 amide bonds. The van der Waals surface area contributed by atoms with E-state index in [0.717, 1.165) is 0 Å². The smallest absolute Gasteiger partial charge is 0.329 e. The molecule has 0 unspecified atom stereocenters. The maximum Gasteiger partial charge on any atom is 0.496 e. The molecule has 0 atom stereocenters. The van der Waals surface area contributed by atoms with E-state index >= 15 is 0 Å². The Balaban J connectivity index is 3.82. The van der Waals surface area contributed by atoms with Crippen LogP contribution >= 0.6 is 33.6 Å². The minimum Gasteiger partial charge on any atom is -0.329 e. The number of quaternary nitrogens is 1. The summed E-state index contributed by atoms with van der Waals surface area (Å²) in [5, 5.41) is 0. The van der Waals surface area contributed by atoms with Gasteiger partial charge < -0.3 is 4.48 Å². The standard InChI is InChI=1S/C5H14NO4PS2/c1-6(2,3)4-5-8-11(7,9-12)10-13/h4-5H2,1-3H3,(H-,12,13)/p+1. The predicted octanol–water partition coefficient (Wildman–Crippen LogP) is 1.54. The molecule has 80 valence electrons. The lowest BCUT2D eigenvalue weighted by Crippen LogP contribution is -2.37. The molecule has 0 spiro atoms. The van der Waals surface area contributed by atoms with Crippen LogP contribution in [0.4, 0.5) is 0 Å². The fraction of sp³-hybridized carbons (Fsp3) is 1.00. The third-order valence-corrected chi connectivity index (χ3v) is 3.31. The highest BCUT2D eigenvalue weighted by Gasteiger charge is 2.25. The molecular formula is C5H15NO4PS2+. The van der Waals surface area contributed by atoms with Crippen molar-refractivity contribution in [1.82, 2.24) is 0 Å². The van der Waals surface area contributed by atoms with Crippen molar-refractivity contribution in [3.63, 3.8) is 0 Å². The average molecular weight is 248 g/mol. The van der Waals surface area contributed by atoms with Gasteiger partial charge in [0.15, 0.2) is 0 Å². The Morgan fingerprint density at radius 1 is 1.23 bits per heavy atom. The molecule has 0 aliphatic heterocycles. The van der Waals surface area contributed by atoms with Gasteiger partial charge in [-0.3, -0.25) is 4.52 Å². The highest BCUT2D eigenvalue weighted by molar-refractivity contribution is 7.85. The molecule has 0 heterocycles. The Labute approximate surface area is 89.8 Å². The second-order valence-electron chi connectivity index (χ2n) is 3.46. The van der Waals surface area contributed by atoms with Gasteiger partial charge in [-0.1, -0.05) is 0 Å². The van der Waals surface area contributed by atoms with Crippen LogP contribution in [0.3, 0.4) is 0 Å². The van der Waals surface area contributed by atoms with Crippen molar-refractivity contribution in [2.45, 2.75) is 0 Å². The maximum absolute atomic E-state index is 11.2. The summed E-state index contributed by atoms with van der Waals surface area (Å²) in [6.07, 6.45) is 0. The van der Waals surface area contributed by atoms with E-state index < -0.39 is 7.82 Å². The summed E-state index contributed by atoms with van der Waals surface area (Å²) in [7, 11) is 2.40. The molecule has 8 heteroatoms. The quantitative estimate of drug-likeness (QED) is 0.324. The van der Waals surface area contributed by atoms with Crippen molar-refractivity contribution < 1.29 is 21.5 Å². The zero-order chi connectivity index (χ0) is 10.5. The van der Waals surface area contributed by atoms with E-state index in [0.29, 0.717) is 11.0 Å². The molecule has 0 aromatic carbocycles. The second-order valence-corrected chi connectivity index (χ2v) is 5.92. The van der Waals surface area contributed by atoms with E-state index in [4.69, 9.17) is 4.52 Å². The van der Waals surface area contributed by atoms with E-state index in [1.807, 2.05) is 21.1 Å². The first kappa shape index (κ1) is 13.8. The van der Waals surface area contributed by atoms with E-state index in [1.54, 1.807) is 0 Å². The lowest BCUT2D eigenvalue weighted by molar-refractivity contribution is -0.870. The van der Waals surface area contributed by atoms with Gasteiger partial charge in [-0.15, -0.1) is 0 Å². The third-order valence-electron chi connectivity index (χ3n) is 1.21. The molecule has 0 aliphatic rings. The number of hydrogen-bond acceptors (Lipinski definition) is 6. The highest BCUT2D eigenvalue weighted by Crippen LogP contribution is 2.51. The SMILES string of the molecule is C[N+](C)(C)CCOP(=O)(OS)OS. The van der Waals surface area contributed by atoms with Crippen LogP contribution < -0.4 is 0 Å². The number of rotatable bonds is 6. The molecule has 0 N–H and O–H groups in total. The molecule has 5 nitrogen and oxygen atoms in total. The Bertz CT molecular complexity index is 187. The molecule has 0 aliphatic carbocycles. The van der Waals surface area contributed by atoms with Crippen molar-refractivity contribution in [1.29, 1.82) is 0 Å². The van der Waals surface area contributed by atoms with Crippen LogP contribution in [0.5, 0.6) is 0 Å². The van der Waals surface area contributed by atoms with Gasteiger partial charge in [0.2, 0.25) is 0 Å². The van der Waals surface area contributed by atoms with Gasteiger partial charge in [-0.05, 0) is 25.8 Å². The van der Waals surface area contributed by atoms with Gasteiger partial charge in [-0.25, -0.2) is 12.5 Å². The average Bonchev–Trinajstić information content (AvgIpc) is 2.02. The van der Waals surface area contributed by atoms with Crippen LogP contribution in [0.1, 0.15) is 0 Å². The summed E-state index contributed by atoms with van der Waals surface area (Å²) < 4.78 is 25.2. The molecule has 0 fully saturated rings. The Hall–Kier alpha value is 0.770. The molecule has 0 rings (SSSR count). The topological polar surface area (TPSA) is 44.8 Å². The van der Waals surface area contributed by atoms with Crippen molar-refractivity contribution in [3.8, 4) is 0 Å². The lowest BCUT2D eigenvalue weighted by atomic mass is 10.5. The summed E-state index contributed by atoms with van der Waals surface area (Å²) in [5.41, 5.74) is 0. The van der Waals surface area contributed by atoms with Gasteiger partial charge in [0.05, 0.1) is 21.1 Å². The van der Waals surface area contributed by atoms with E-state index in [2.05, 4.69) is 33.8 Å². The Morgan fingerprint density at radius 3 is 2.00 bits per heavy atom. The van der Waals surface area contributed by atoms with Crippen LogP contribution in [0.2, 0.25) is 0 Å². The van der Waals surface area contributed by atoms with Gasteiger partial charge in [-0.2, -0.15) is 0 Å². The minimum atomic E-state index is -3.55. The number of likely N-dealkylation sites (N-methyl/N-ethyl adjacent to an activating group) is 1. The van der Waals surface area contributed by atoms with E-state index in [1.165, 1.54) is 0 Å². The molecule has 0 saturated heterocycles. The second kappa shape index (κ2) is 5.60. The zero-order valence-corrected chi connectivity index (χ0v) is 10.5. The normalized spacial score (nSPS) is 13.3. The first-order valence-corrected chi connectivity index (χ1v) is 5.73. The number of thiol groups is 2. The van der Waals surface area contributed by atoms with Gasteiger partial charge in [0.25, 0.3) is 0 Å². The summed E-state index contributed by atoms with van der Waals surface area (Å²) in [5.74, 6) is 0. The lowest BCUT2D eigenvalue weighted by Gasteiger charge is -2.23. The van der Waals surface area contributed by atoms with Crippen LogP contribution in [0.25, 0.3) is 0 Å². The summed E-state index contributed by atoms with van der Waals surface area (Å²) in [6, 6.07) is 0. The Kier molecular flexibility index (Phi) is 5.93. The third kappa shape index (κ3) is 6.79. The summed E-state index contributed by atoms with van der Waals surface area (Å²) >= 11 is 6.72. The van der Waals surface area contributed by atoms with Gasteiger partial charge in [0.1, 0.15) is 13.2 Å². The summed E-state index contributed by atoms with van der Waals surface area (Å²) in [4.78, 5) is 0. The van der Waals surface area contributed by atoms with Gasteiger partial charge >= 0.3 is 7.82 Å². The first-order chi connectivity index (χ1) is 5.83. The van der Waals surface area contributed by atoms with Crippen LogP contribution in [0, 0.1) is 0 Å². The van der Waals surface area contributed by atoms with E-state index in [-0.39, 0.29) is 6.61 Å². The van der Waals surface area contributed by atoms with Crippen molar-refractivity contribution >= 4 is 33.6 Å². The fourth-order valence-corrected chi connectivity index (χ4v) is 1.56. The Morgan fingerprint density at radius 2 is 1.69 bits per heavy atom. The molecule has 0 saturated carbocycles. The molecule has 13 heavy (non-hydrogen) atoms. The fourth-order valence-electron chi connectivity index (χ4n) is 0.489. The highest BCUT2D eigenvalue weighted by atomic mass is 32.1. The maximum atomic E-state index is 11.2. The van der Waals surface area contributed by atoms with Crippen molar-refractivity contribution in [2.24, 2.45) is 0 Å². The predicted molar refractivity (Wildman–Crippen MR) is 56.6 cm³/mol. The molecule has 0 radical (unpaired) electrons.